The van der Waals surface area contributed by atoms with Gasteiger partial charge in [-0.2, -0.15) is 0 Å². The molecule has 1 unspecified atom stereocenters. The van der Waals surface area contributed by atoms with E-state index in [1.807, 2.05) is 31.2 Å². The van der Waals surface area contributed by atoms with Gasteiger partial charge in [0.1, 0.15) is 23.0 Å². The van der Waals surface area contributed by atoms with E-state index >= 15 is 0 Å². The standard InChI is InChI=1S/C24H24N2O2S/c1-15-10-11-19-21(14-15)29-23-22(19)24(27)26(16(2)25-23)12-13-28-20-9-5-7-17-6-3-4-8-18(17)20/h3-9,15H,10-14H2,1-2H3. The van der Waals surface area contributed by atoms with Gasteiger partial charge in [-0.05, 0) is 49.1 Å². The second-order valence-corrected chi connectivity index (χ2v) is 9.06. The number of aryl methyl sites for hydroxylation is 2. The Morgan fingerprint density at radius 3 is 2.93 bits per heavy atom. The SMILES string of the molecule is Cc1nc2sc3c(c2c(=O)n1CCOc1cccc2ccccc12)CCC(C)C3. The summed E-state index contributed by atoms with van der Waals surface area (Å²) in [4.78, 5) is 20.3. The molecule has 0 bridgehead atoms. The summed E-state index contributed by atoms with van der Waals surface area (Å²) in [5.74, 6) is 2.30. The van der Waals surface area contributed by atoms with Crippen LogP contribution in [0.2, 0.25) is 0 Å². The summed E-state index contributed by atoms with van der Waals surface area (Å²) >= 11 is 1.71. The molecule has 29 heavy (non-hydrogen) atoms. The molecule has 0 saturated carbocycles. The van der Waals surface area contributed by atoms with E-state index in [9.17, 15) is 4.79 Å². The first-order valence-corrected chi connectivity index (χ1v) is 11.1. The van der Waals surface area contributed by atoms with E-state index in [-0.39, 0.29) is 5.56 Å². The van der Waals surface area contributed by atoms with E-state index in [0.717, 1.165) is 51.8 Å². The fourth-order valence-electron chi connectivity index (χ4n) is 4.36. The summed E-state index contributed by atoms with van der Waals surface area (Å²) in [5, 5.41) is 3.09. The van der Waals surface area contributed by atoms with Crippen molar-refractivity contribution < 1.29 is 4.74 Å². The fourth-order valence-corrected chi connectivity index (χ4v) is 5.78. The first-order chi connectivity index (χ1) is 14.1. The van der Waals surface area contributed by atoms with Gasteiger partial charge in [0.25, 0.3) is 5.56 Å². The molecular formula is C24H24N2O2S. The van der Waals surface area contributed by atoms with Gasteiger partial charge in [0.05, 0.1) is 11.9 Å². The van der Waals surface area contributed by atoms with Gasteiger partial charge in [-0.25, -0.2) is 4.98 Å². The maximum atomic E-state index is 13.3. The van der Waals surface area contributed by atoms with E-state index in [4.69, 9.17) is 9.72 Å². The van der Waals surface area contributed by atoms with Crippen LogP contribution in [0, 0.1) is 12.8 Å². The third-order valence-electron chi connectivity index (χ3n) is 5.93. The highest BCUT2D eigenvalue weighted by Crippen LogP contribution is 2.35. The number of hydrogen-bond donors (Lipinski definition) is 0. The summed E-state index contributed by atoms with van der Waals surface area (Å²) in [5.41, 5.74) is 1.32. The molecule has 0 fully saturated rings. The Morgan fingerprint density at radius 1 is 1.21 bits per heavy atom. The first kappa shape index (κ1) is 18.4. The van der Waals surface area contributed by atoms with Crippen LogP contribution in [-0.4, -0.2) is 16.2 Å². The molecule has 2 aromatic carbocycles. The number of hydrogen-bond acceptors (Lipinski definition) is 4. The van der Waals surface area contributed by atoms with Crippen molar-refractivity contribution in [2.45, 2.75) is 39.7 Å². The number of ether oxygens (including phenoxy) is 1. The molecule has 0 aliphatic heterocycles. The number of nitrogens with zero attached hydrogens (tertiary/aromatic N) is 2. The monoisotopic (exact) mass is 404 g/mol. The predicted octanol–water partition coefficient (Wildman–Crippen LogP) is 5.12. The maximum Gasteiger partial charge on any atom is 0.262 e. The fraction of sp³-hybridized carbons (Fsp3) is 0.333. The lowest BCUT2D eigenvalue weighted by Gasteiger charge is -2.17. The molecule has 0 amide bonds. The van der Waals surface area contributed by atoms with Crippen molar-refractivity contribution in [2.75, 3.05) is 6.61 Å². The molecule has 4 nitrogen and oxygen atoms in total. The van der Waals surface area contributed by atoms with Gasteiger partial charge in [0.2, 0.25) is 0 Å². The minimum atomic E-state index is 0.0843. The highest BCUT2D eigenvalue weighted by molar-refractivity contribution is 7.18. The van der Waals surface area contributed by atoms with E-state index < -0.39 is 0 Å². The molecule has 0 N–H and O–H groups in total. The molecule has 5 heteroatoms. The van der Waals surface area contributed by atoms with Crippen LogP contribution in [0.1, 0.15) is 29.6 Å². The number of rotatable bonds is 4. The molecule has 0 spiro atoms. The Labute approximate surface area is 173 Å². The average Bonchev–Trinajstić information content (AvgIpc) is 3.07. The Bertz CT molecular complexity index is 1270. The molecule has 0 saturated heterocycles. The zero-order valence-corrected chi connectivity index (χ0v) is 17.6. The predicted molar refractivity (Wildman–Crippen MR) is 119 cm³/mol. The highest BCUT2D eigenvalue weighted by atomic mass is 32.1. The zero-order valence-electron chi connectivity index (χ0n) is 16.8. The van der Waals surface area contributed by atoms with Crippen molar-refractivity contribution in [2.24, 2.45) is 5.92 Å². The quantitative estimate of drug-likeness (QED) is 0.474. The lowest BCUT2D eigenvalue weighted by atomic mass is 9.89. The topological polar surface area (TPSA) is 44.1 Å². The number of thiophene rings is 1. The van der Waals surface area contributed by atoms with E-state index in [2.05, 4.69) is 25.1 Å². The Balaban J connectivity index is 1.44. The zero-order chi connectivity index (χ0) is 20.0. The van der Waals surface area contributed by atoms with Gasteiger partial charge in [-0.15, -0.1) is 11.3 Å². The second kappa shape index (κ2) is 7.30. The molecule has 5 rings (SSSR count). The van der Waals surface area contributed by atoms with Crippen molar-refractivity contribution in [3.63, 3.8) is 0 Å². The maximum absolute atomic E-state index is 13.3. The van der Waals surface area contributed by atoms with Gasteiger partial charge in [0, 0.05) is 10.3 Å². The van der Waals surface area contributed by atoms with Gasteiger partial charge in [-0.3, -0.25) is 9.36 Å². The van der Waals surface area contributed by atoms with Gasteiger partial charge in [0.15, 0.2) is 0 Å². The van der Waals surface area contributed by atoms with Crippen molar-refractivity contribution in [1.29, 1.82) is 0 Å². The van der Waals surface area contributed by atoms with Crippen LogP contribution in [0.15, 0.2) is 47.3 Å². The van der Waals surface area contributed by atoms with E-state index in [1.54, 1.807) is 15.9 Å². The van der Waals surface area contributed by atoms with Gasteiger partial charge < -0.3 is 4.74 Å². The lowest BCUT2D eigenvalue weighted by molar-refractivity contribution is 0.298. The molecular weight excluding hydrogens is 380 g/mol. The molecule has 148 valence electrons. The Morgan fingerprint density at radius 2 is 2.03 bits per heavy atom. The minimum Gasteiger partial charge on any atom is -0.491 e. The molecule has 2 aromatic heterocycles. The van der Waals surface area contributed by atoms with Crippen molar-refractivity contribution in [3.05, 3.63) is 69.1 Å². The first-order valence-electron chi connectivity index (χ1n) is 10.2. The molecule has 1 aliphatic rings. The second-order valence-electron chi connectivity index (χ2n) is 7.97. The van der Waals surface area contributed by atoms with Gasteiger partial charge in [-0.1, -0.05) is 43.3 Å². The molecule has 1 atom stereocenters. The summed E-state index contributed by atoms with van der Waals surface area (Å²) in [6.45, 7) is 5.14. The summed E-state index contributed by atoms with van der Waals surface area (Å²) < 4.78 is 7.84. The van der Waals surface area contributed by atoms with Crippen molar-refractivity contribution in [3.8, 4) is 5.75 Å². The normalized spacial score (nSPS) is 16.3. The van der Waals surface area contributed by atoms with Crippen LogP contribution in [-0.2, 0) is 19.4 Å². The number of aromatic nitrogens is 2. The summed E-state index contributed by atoms with van der Waals surface area (Å²) in [6, 6.07) is 14.2. The smallest absolute Gasteiger partial charge is 0.262 e. The third-order valence-corrected chi connectivity index (χ3v) is 7.08. The average molecular weight is 405 g/mol. The molecule has 0 radical (unpaired) electrons. The van der Waals surface area contributed by atoms with Crippen LogP contribution in [0.25, 0.3) is 21.0 Å². The lowest BCUT2D eigenvalue weighted by Crippen LogP contribution is -2.27. The van der Waals surface area contributed by atoms with Crippen LogP contribution >= 0.6 is 11.3 Å². The van der Waals surface area contributed by atoms with Crippen molar-refractivity contribution in [1.82, 2.24) is 9.55 Å². The van der Waals surface area contributed by atoms with E-state index in [0.29, 0.717) is 19.1 Å². The third kappa shape index (κ3) is 3.23. The number of benzene rings is 2. The highest BCUT2D eigenvalue weighted by Gasteiger charge is 2.23. The van der Waals surface area contributed by atoms with Crippen LogP contribution < -0.4 is 10.3 Å². The van der Waals surface area contributed by atoms with Crippen LogP contribution in [0.4, 0.5) is 0 Å². The number of fused-ring (bicyclic) bond motifs is 4. The molecule has 4 aromatic rings. The largest absolute Gasteiger partial charge is 0.491 e. The van der Waals surface area contributed by atoms with E-state index in [1.165, 1.54) is 10.4 Å². The minimum absolute atomic E-state index is 0.0843. The van der Waals surface area contributed by atoms with Crippen LogP contribution in [0.5, 0.6) is 5.75 Å². The Kier molecular flexibility index (Phi) is 4.63. The van der Waals surface area contributed by atoms with Crippen molar-refractivity contribution >= 4 is 32.3 Å². The summed E-state index contributed by atoms with van der Waals surface area (Å²) in [6.07, 6.45) is 3.21. The van der Waals surface area contributed by atoms with Gasteiger partial charge >= 0.3 is 0 Å². The Hall–Kier alpha value is -2.66. The summed E-state index contributed by atoms with van der Waals surface area (Å²) in [7, 11) is 0. The molecule has 2 heterocycles. The van der Waals surface area contributed by atoms with Crippen LogP contribution in [0.3, 0.4) is 0 Å². The molecule has 1 aliphatic carbocycles.